The number of fused-ring (bicyclic) bond motifs is 1. The summed E-state index contributed by atoms with van der Waals surface area (Å²) in [6, 6.07) is 11.6. The zero-order chi connectivity index (χ0) is 19.7. The average molecular weight is 372 g/mol. The normalized spacial score (nSPS) is 10.7. The third kappa shape index (κ3) is 3.08. The molecule has 0 spiro atoms. The third-order valence-corrected chi connectivity index (χ3v) is 4.13. The molecule has 10 heteroatoms. The van der Waals surface area contributed by atoms with Gasteiger partial charge in [-0.2, -0.15) is 10.2 Å². The lowest BCUT2D eigenvalue weighted by molar-refractivity contribution is -0.384. The first kappa shape index (κ1) is 17.0. The molecule has 0 bridgehead atoms. The van der Waals surface area contributed by atoms with Gasteiger partial charge in [0.2, 0.25) is 5.95 Å². The maximum atomic E-state index is 10.8. The number of imidazole rings is 1. The summed E-state index contributed by atoms with van der Waals surface area (Å²) in [5.74, 6) is 0.0725. The number of benzene rings is 1. The van der Waals surface area contributed by atoms with Crippen LogP contribution in [0.15, 0.2) is 48.9 Å². The molecule has 136 valence electrons. The van der Waals surface area contributed by atoms with E-state index in [-0.39, 0.29) is 17.3 Å². The Morgan fingerprint density at radius 2 is 1.96 bits per heavy atom. The standard InChI is InChI=1S/C18H12N8O2/c19-8-13-7-12(5-6-21-13)15-16-17(24-18(20)23-15)25(10-22-16)9-11-1-3-14(4-2-11)26(27)28/h1-7,10H,9H2,(H2,20,23,24). The molecule has 1 aromatic carbocycles. The molecule has 3 aromatic heterocycles. The van der Waals surface area contributed by atoms with Crippen LogP contribution in [0.1, 0.15) is 11.3 Å². The van der Waals surface area contributed by atoms with Crippen molar-refractivity contribution in [1.82, 2.24) is 24.5 Å². The van der Waals surface area contributed by atoms with Crippen LogP contribution in [0.5, 0.6) is 0 Å². The number of non-ortho nitro benzene ring substituents is 1. The fraction of sp³-hybridized carbons (Fsp3) is 0.0556. The Bertz CT molecular complexity index is 1240. The number of aromatic nitrogens is 5. The van der Waals surface area contributed by atoms with Crippen LogP contribution in [0.2, 0.25) is 0 Å². The number of nitrogens with zero attached hydrogens (tertiary/aromatic N) is 7. The van der Waals surface area contributed by atoms with Gasteiger partial charge in [0.15, 0.2) is 5.65 Å². The van der Waals surface area contributed by atoms with Crippen molar-refractivity contribution in [2.75, 3.05) is 5.73 Å². The van der Waals surface area contributed by atoms with Gasteiger partial charge in [-0.1, -0.05) is 12.1 Å². The van der Waals surface area contributed by atoms with Gasteiger partial charge in [-0.05, 0) is 17.7 Å². The summed E-state index contributed by atoms with van der Waals surface area (Å²) in [5.41, 5.74) is 9.24. The van der Waals surface area contributed by atoms with E-state index in [1.54, 1.807) is 35.2 Å². The Hall–Kier alpha value is -4.39. The molecular formula is C18H12N8O2. The SMILES string of the molecule is N#Cc1cc(-c2nc(N)nc3c2ncn3Cc2ccc([N+](=O)[O-])cc2)ccn1. The van der Waals surface area contributed by atoms with Gasteiger partial charge < -0.3 is 10.3 Å². The largest absolute Gasteiger partial charge is 0.368 e. The van der Waals surface area contributed by atoms with Crippen LogP contribution < -0.4 is 5.73 Å². The molecule has 4 rings (SSSR count). The number of nitrogen functional groups attached to an aromatic ring is 1. The van der Waals surface area contributed by atoms with E-state index in [1.807, 2.05) is 6.07 Å². The van der Waals surface area contributed by atoms with Crippen molar-refractivity contribution >= 4 is 22.8 Å². The summed E-state index contributed by atoms with van der Waals surface area (Å²) in [6.07, 6.45) is 3.13. The molecule has 0 atom stereocenters. The Morgan fingerprint density at radius 1 is 1.18 bits per heavy atom. The number of nitro benzene ring substituents is 1. The predicted octanol–water partition coefficient (Wildman–Crippen LogP) is 2.30. The van der Waals surface area contributed by atoms with Crippen LogP contribution in [0.4, 0.5) is 11.6 Å². The van der Waals surface area contributed by atoms with Crippen molar-refractivity contribution in [2.45, 2.75) is 6.54 Å². The van der Waals surface area contributed by atoms with Crippen molar-refractivity contribution in [1.29, 1.82) is 5.26 Å². The van der Waals surface area contributed by atoms with Crippen molar-refractivity contribution in [2.24, 2.45) is 0 Å². The second-order valence-electron chi connectivity index (χ2n) is 5.94. The van der Waals surface area contributed by atoms with E-state index >= 15 is 0 Å². The molecule has 0 radical (unpaired) electrons. The van der Waals surface area contributed by atoms with Crippen LogP contribution in [-0.2, 0) is 6.54 Å². The summed E-state index contributed by atoms with van der Waals surface area (Å²) in [7, 11) is 0. The summed E-state index contributed by atoms with van der Waals surface area (Å²) >= 11 is 0. The number of nitrogens with two attached hydrogens (primary N) is 1. The zero-order valence-electron chi connectivity index (χ0n) is 14.4. The lowest BCUT2D eigenvalue weighted by Gasteiger charge is -2.06. The average Bonchev–Trinajstić information content (AvgIpc) is 3.10. The van der Waals surface area contributed by atoms with E-state index in [4.69, 9.17) is 11.0 Å². The van der Waals surface area contributed by atoms with Gasteiger partial charge in [-0.15, -0.1) is 0 Å². The highest BCUT2D eigenvalue weighted by molar-refractivity contribution is 5.88. The van der Waals surface area contributed by atoms with Crippen LogP contribution >= 0.6 is 0 Å². The maximum absolute atomic E-state index is 10.8. The monoisotopic (exact) mass is 372 g/mol. The van der Waals surface area contributed by atoms with E-state index in [0.29, 0.717) is 29.0 Å². The first-order valence-corrected chi connectivity index (χ1v) is 8.13. The first-order valence-electron chi connectivity index (χ1n) is 8.13. The van der Waals surface area contributed by atoms with E-state index in [1.165, 1.54) is 18.3 Å². The van der Waals surface area contributed by atoms with Crippen LogP contribution in [0.25, 0.3) is 22.4 Å². The molecular weight excluding hydrogens is 360 g/mol. The van der Waals surface area contributed by atoms with Gasteiger partial charge in [0, 0.05) is 23.9 Å². The van der Waals surface area contributed by atoms with Gasteiger partial charge in [-0.25, -0.2) is 15.0 Å². The number of pyridine rings is 1. The highest BCUT2D eigenvalue weighted by atomic mass is 16.6. The van der Waals surface area contributed by atoms with Gasteiger partial charge >= 0.3 is 0 Å². The Balaban J connectivity index is 1.77. The third-order valence-electron chi connectivity index (χ3n) is 4.13. The molecule has 0 saturated carbocycles. The molecule has 0 saturated heterocycles. The highest BCUT2D eigenvalue weighted by Crippen LogP contribution is 2.26. The van der Waals surface area contributed by atoms with Gasteiger partial charge in [0.25, 0.3) is 5.69 Å². The molecule has 0 aliphatic heterocycles. The summed E-state index contributed by atoms with van der Waals surface area (Å²) in [4.78, 5) is 27.3. The quantitative estimate of drug-likeness (QED) is 0.423. The number of nitro groups is 1. The number of anilines is 1. The second kappa shape index (κ2) is 6.73. The fourth-order valence-corrected chi connectivity index (χ4v) is 2.84. The molecule has 2 N–H and O–H groups in total. The Labute approximate surface area is 158 Å². The molecule has 0 aliphatic rings. The summed E-state index contributed by atoms with van der Waals surface area (Å²) < 4.78 is 1.78. The van der Waals surface area contributed by atoms with Gasteiger partial charge in [-0.3, -0.25) is 10.1 Å². The molecule has 4 aromatic rings. The minimum absolute atomic E-state index is 0.0269. The maximum Gasteiger partial charge on any atom is 0.269 e. The molecule has 0 fully saturated rings. The van der Waals surface area contributed by atoms with E-state index in [9.17, 15) is 10.1 Å². The number of rotatable bonds is 4. The zero-order valence-corrected chi connectivity index (χ0v) is 14.4. The molecule has 3 heterocycles. The van der Waals surface area contributed by atoms with Crippen molar-refractivity contribution in [3.63, 3.8) is 0 Å². The van der Waals surface area contributed by atoms with E-state index in [0.717, 1.165) is 5.56 Å². The van der Waals surface area contributed by atoms with Gasteiger partial charge in [0.1, 0.15) is 23.0 Å². The van der Waals surface area contributed by atoms with Gasteiger partial charge in [0.05, 0.1) is 17.8 Å². The van der Waals surface area contributed by atoms with Crippen LogP contribution in [0, 0.1) is 21.4 Å². The Morgan fingerprint density at radius 3 is 2.68 bits per heavy atom. The molecule has 10 nitrogen and oxygen atoms in total. The lowest BCUT2D eigenvalue weighted by atomic mass is 10.1. The fourth-order valence-electron chi connectivity index (χ4n) is 2.84. The minimum Gasteiger partial charge on any atom is -0.368 e. The van der Waals surface area contributed by atoms with E-state index in [2.05, 4.69) is 19.9 Å². The highest BCUT2D eigenvalue weighted by Gasteiger charge is 2.15. The molecule has 28 heavy (non-hydrogen) atoms. The number of hydrogen-bond donors (Lipinski definition) is 1. The molecule has 0 unspecified atom stereocenters. The number of hydrogen-bond acceptors (Lipinski definition) is 8. The topological polar surface area (TPSA) is 149 Å². The second-order valence-corrected chi connectivity index (χ2v) is 5.94. The predicted molar refractivity (Wildman–Crippen MR) is 99.9 cm³/mol. The molecule has 0 aliphatic carbocycles. The van der Waals surface area contributed by atoms with Crippen molar-refractivity contribution in [3.8, 4) is 17.3 Å². The molecule has 0 amide bonds. The summed E-state index contributed by atoms with van der Waals surface area (Å²) in [5, 5.41) is 19.9. The van der Waals surface area contributed by atoms with Crippen molar-refractivity contribution < 1.29 is 4.92 Å². The van der Waals surface area contributed by atoms with Crippen LogP contribution in [0.3, 0.4) is 0 Å². The number of nitriles is 1. The van der Waals surface area contributed by atoms with Crippen molar-refractivity contribution in [3.05, 3.63) is 70.3 Å². The van der Waals surface area contributed by atoms with Crippen LogP contribution in [-0.4, -0.2) is 29.4 Å². The minimum atomic E-state index is -0.444. The smallest absolute Gasteiger partial charge is 0.269 e. The summed E-state index contributed by atoms with van der Waals surface area (Å²) in [6.45, 7) is 0.407. The first-order chi connectivity index (χ1) is 13.5. The Kier molecular flexibility index (Phi) is 4.10. The van der Waals surface area contributed by atoms with E-state index < -0.39 is 4.92 Å². The lowest BCUT2D eigenvalue weighted by Crippen LogP contribution is -2.03.